The average Bonchev–Trinajstić information content (AvgIpc) is 3.06. The molecule has 0 radical (unpaired) electrons. The van der Waals surface area contributed by atoms with E-state index in [0.29, 0.717) is 28.3 Å². The van der Waals surface area contributed by atoms with Crippen LogP contribution in [-0.2, 0) is 11.3 Å². The van der Waals surface area contributed by atoms with Crippen molar-refractivity contribution < 1.29 is 18.4 Å². The van der Waals surface area contributed by atoms with E-state index in [1.165, 1.54) is 23.9 Å². The smallest absolute Gasteiger partial charge is 0.265 e. The Kier molecular flexibility index (Phi) is 9.57. The Balaban J connectivity index is 1.02. The van der Waals surface area contributed by atoms with Gasteiger partial charge in [-0.05, 0) is 67.1 Å². The van der Waals surface area contributed by atoms with Crippen LogP contribution in [0.1, 0.15) is 27.9 Å². The molecular weight excluding hydrogens is 590 g/mol. The fraction of sp³-hybridized carbons (Fsp3) is 0.222. The minimum Gasteiger partial charge on any atom is -0.367 e. The van der Waals surface area contributed by atoms with E-state index in [-0.39, 0.29) is 30.0 Å². The Bertz CT molecular complexity index is 1700. The van der Waals surface area contributed by atoms with Crippen LogP contribution < -0.4 is 15.1 Å². The number of anilines is 2. The number of thioether (sulfide) groups is 1. The number of para-hydroxylation sites is 2. The van der Waals surface area contributed by atoms with E-state index >= 15 is 0 Å². The molecule has 2 amide bonds. The van der Waals surface area contributed by atoms with Gasteiger partial charge in [0.2, 0.25) is 0 Å². The summed E-state index contributed by atoms with van der Waals surface area (Å²) in [5.41, 5.74) is 3.20. The highest BCUT2D eigenvalue weighted by Gasteiger charge is 2.29. The van der Waals surface area contributed by atoms with Gasteiger partial charge in [0.25, 0.3) is 11.8 Å². The average molecular weight is 625 g/mol. The van der Waals surface area contributed by atoms with E-state index in [0.717, 1.165) is 55.3 Å². The third kappa shape index (κ3) is 7.27. The van der Waals surface area contributed by atoms with Crippen molar-refractivity contribution in [3.63, 3.8) is 0 Å². The molecule has 6 nitrogen and oxygen atoms in total. The molecule has 230 valence electrons. The number of hydrogen-bond acceptors (Lipinski definition) is 5. The maximum Gasteiger partial charge on any atom is 0.265 e. The van der Waals surface area contributed by atoms with Gasteiger partial charge in [0.15, 0.2) is 0 Å². The van der Waals surface area contributed by atoms with E-state index in [1.807, 2.05) is 54.6 Å². The summed E-state index contributed by atoms with van der Waals surface area (Å²) in [7, 11) is 0. The van der Waals surface area contributed by atoms with Crippen LogP contribution in [0.15, 0.2) is 107 Å². The van der Waals surface area contributed by atoms with Crippen LogP contribution in [-0.4, -0.2) is 56.0 Å². The highest BCUT2D eigenvalue weighted by molar-refractivity contribution is 8.04. The van der Waals surface area contributed by atoms with Crippen molar-refractivity contribution in [1.29, 1.82) is 0 Å². The predicted octanol–water partition coefficient (Wildman–Crippen LogP) is 6.59. The predicted molar refractivity (Wildman–Crippen MR) is 176 cm³/mol. The second-order valence-electron chi connectivity index (χ2n) is 11.1. The first-order valence-electron chi connectivity index (χ1n) is 15.1. The Labute approximate surface area is 266 Å². The lowest BCUT2D eigenvalue weighted by molar-refractivity contribution is -0.114. The van der Waals surface area contributed by atoms with Gasteiger partial charge < -0.3 is 15.1 Å². The van der Waals surface area contributed by atoms with Crippen LogP contribution in [0.3, 0.4) is 0 Å². The fourth-order valence-corrected chi connectivity index (χ4v) is 6.68. The first kappa shape index (κ1) is 30.6. The van der Waals surface area contributed by atoms with Gasteiger partial charge in [-0.1, -0.05) is 66.4 Å². The minimum absolute atomic E-state index is 0.128. The Hall–Kier alpha value is -4.47. The molecule has 0 unspecified atom stereocenters. The lowest BCUT2D eigenvalue weighted by Gasteiger charge is -2.36. The highest BCUT2D eigenvalue weighted by atomic mass is 32.2. The number of halogens is 2. The number of hydrogen-bond donors (Lipinski definition) is 1. The number of nitrogens with zero attached hydrogens (tertiary/aromatic N) is 3. The largest absolute Gasteiger partial charge is 0.367 e. The number of carbonyl (C=O) groups is 2. The van der Waals surface area contributed by atoms with Crippen LogP contribution in [0.4, 0.5) is 20.2 Å². The summed E-state index contributed by atoms with van der Waals surface area (Å²) in [5.74, 6) is -0.877. The zero-order valence-electron chi connectivity index (χ0n) is 24.8. The Morgan fingerprint density at radius 1 is 0.800 bits per heavy atom. The van der Waals surface area contributed by atoms with Crippen LogP contribution >= 0.6 is 11.8 Å². The molecule has 0 aliphatic carbocycles. The van der Waals surface area contributed by atoms with E-state index in [9.17, 15) is 18.4 Å². The number of rotatable bonds is 9. The molecule has 4 aromatic rings. The molecule has 1 fully saturated rings. The first-order chi connectivity index (χ1) is 22.0. The molecular formula is C36H34F2N4O2S. The Morgan fingerprint density at radius 3 is 2.20 bits per heavy atom. The van der Waals surface area contributed by atoms with Gasteiger partial charge in [-0.3, -0.25) is 14.5 Å². The summed E-state index contributed by atoms with van der Waals surface area (Å²) in [6.07, 6.45) is 2.63. The number of piperazine rings is 1. The number of benzene rings is 4. The third-order valence-electron chi connectivity index (χ3n) is 8.09. The summed E-state index contributed by atoms with van der Waals surface area (Å²) in [6, 6.07) is 28.2. The molecule has 2 aliphatic rings. The van der Waals surface area contributed by atoms with Gasteiger partial charge in [-0.15, -0.1) is 0 Å². The molecule has 0 spiro atoms. The monoisotopic (exact) mass is 624 g/mol. The van der Waals surface area contributed by atoms with Gasteiger partial charge in [-0.2, -0.15) is 0 Å². The topological polar surface area (TPSA) is 55.9 Å². The zero-order valence-corrected chi connectivity index (χ0v) is 25.6. The summed E-state index contributed by atoms with van der Waals surface area (Å²) in [4.78, 5) is 33.8. The molecule has 2 heterocycles. The highest BCUT2D eigenvalue weighted by Crippen LogP contribution is 2.42. The van der Waals surface area contributed by atoms with E-state index in [1.54, 1.807) is 41.3 Å². The number of carbonyl (C=O) groups excluding carboxylic acids is 2. The van der Waals surface area contributed by atoms with Crippen LogP contribution in [0.25, 0.3) is 6.08 Å². The molecule has 4 aromatic carbocycles. The van der Waals surface area contributed by atoms with Crippen molar-refractivity contribution in [3.05, 3.63) is 130 Å². The van der Waals surface area contributed by atoms with Crippen molar-refractivity contribution in [3.8, 4) is 0 Å². The van der Waals surface area contributed by atoms with Gasteiger partial charge >= 0.3 is 0 Å². The van der Waals surface area contributed by atoms with Gasteiger partial charge in [0, 0.05) is 48.7 Å². The van der Waals surface area contributed by atoms with Crippen molar-refractivity contribution >= 4 is 41.0 Å². The van der Waals surface area contributed by atoms with Crippen LogP contribution in [0, 0.1) is 11.6 Å². The summed E-state index contributed by atoms with van der Waals surface area (Å²) in [6.45, 7) is 4.80. The van der Waals surface area contributed by atoms with Crippen molar-refractivity contribution in [2.75, 3.05) is 49.1 Å². The standard InChI is InChI=1S/C36H34F2N4O2S/c37-29-9-2-1-8-28(29)25-42-32-12-5-6-13-33(32)45-34(36(42)44)24-26-14-16-27(17-15-26)35(43)39-18-7-19-40-20-22-41(23-21-40)31-11-4-3-10-30(31)38/h1-6,8-17,24H,7,18-23,25H2,(H,39,43)/b34-24-. The minimum atomic E-state index is -0.347. The summed E-state index contributed by atoms with van der Waals surface area (Å²) < 4.78 is 28.5. The number of nitrogens with one attached hydrogen (secondary N) is 1. The van der Waals surface area contributed by atoms with Crippen LogP contribution in [0.5, 0.6) is 0 Å². The number of amides is 2. The van der Waals surface area contributed by atoms with Crippen LogP contribution in [0.2, 0.25) is 0 Å². The lowest BCUT2D eigenvalue weighted by atomic mass is 10.1. The lowest BCUT2D eigenvalue weighted by Crippen LogP contribution is -2.47. The normalized spacial score (nSPS) is 16.1. The molecule has 1 N–H and O–H groups in total. The second-order valence-corrected chi connectivity index (χ2v) is 12.2. The van der Waals surface area contributed by atoms with Crippen molar-refractivity contribution in [2.45, 2.75) is 17.9 Å². The van der Waals surface area contributed by atoms with Gasteiger partial charge in [0.05, 0.1) is 22.8 Å². The molecule has 9 heteroatoms. The van der Waals surface area contributed by atoms with E-state index < -0.39 is 0 Å². The fourth-order valence-electron chi connectivity index (χ4n) is 5.63. The zero-order chi connectivity index (χ0) is 31.2. The van der Waals surface area contributed by atoms with Crippen molar-refractivity contribution in [1.82, 2.24) is 10.2 Å². The maximum absolute atomic E-state index is 14.5. The molecule has 2 aliphatic heterocycles. The van der Waals surface area contributed by atoms with E-state index in [4.69, 9.17) is 0 Å². The van der Waals surface area contributed by atoms with E-state index in [2.05, 4.69) is 15.1 Å². The molecule has 0 bridgehead atoms. The number of fused-ring (bicyclic) bond motifs is 1. The molecule has 1 saturated heterocycles. The SMILES string of the molecule is O=C(NCCCN1CCN(c2ccccc2F)CC1)c1ccc(/C=C2\Sc3ccccc3N(Cc3ccccc3F)C2=O)cc1. The maximum atomic E-state index is 14.5. The quantitative estimate of drug-likeness (QED) is 0.168. The molecule has 0 saturated carbocycles. The molecule has 0 aromatic heterocycles. The van der Waals surface area contributed by atoms with Gasteiger partial charge in [-0.25, -0.2) is 8.78 Å². The molecule has 45 heavy (non-hydrogen) atoms. The Morgan fingerprint density at radius 2 is 1.47 bits per heavy atom. The molecule has 0 atom stereocenters. The second kappa shape index (κ2) is 14.1. The van der Waals surface area contributed by atoms with Gasteiger partial charge in [0.1, 0.15) is 11.6 Å². The first-order valence-corrected chi connectivity index (χ1v) is 15.9. The molecule has 6 rings (SSSR count). The summed E-state index contributed by atoms with van der Waals surface area (Å²) >= 11 is 1.39. The third-order valence-corrected chi connectivity index (χ3v) is 9.17. The van der Waals surface area contributed by atoms with Crippen molar-refractivity contribution in [2.24, 2.45) is 0 Å². The summed E-state index contributed by atoms with van der Waals surface area (Å²) in [5, 5.41) is 3.00.